The molecule has 0 aliphatic carbocycles. The molecule has 0 nitrogen and oxygen atoms in total. The second-order valence-corrected chi connectivity index (χ2v) is 1.71. The molecule has 0 aliphatic heterocycles. The molecule has 0 aliphatic rings. The third kappa shape index (κ3) is 58.3. The summed E-state index contributed by atoms with van der Waals surface area (Å²) in [4.78, 5) is 0. The average Bonchev–Trinajstić information content (AvgIpc) is 1.88. The van der Waals surface area contributed by atoms with Gasteiger partial charge in [0.15, 0.2) is 0 Å². The van der Waals surface area contributed by atoms with E-state index >= 15 is 0 Å². The van der Waals surface area contributed by atoms with Gasteiger partial charge >= 0.3 is 0 Å². The van der Waals surface area contributed by atoms with Crippen LogP contribution in [0.2, 0.25) is 0 Å². The molecule has 0 aromatic carbocycles. The van der Waals surface area contributed by atoms with Gasteiger partial charge in [0.1, 0.15) is 0 Å². The van der Waals surface area contributed by atoms with Crippen LogP contribution in [0.25, 0.3) is 0 Å². The van der Waals surface area contributed by atoms with E-state index < -0.39 is 0 Å². The Bertz CT molecular complexity index is 17.2. The second kappa shape index (κ2) is 31.6. The standard InChI is InChI=1S/2C4H9.Au.Li/c2*1-3-4-2;;/h2*1,3-4H2,2H3;;/q2*-1;;. The van der Waals surface area contributed by atoms with Crippen molar-refractivity contribution in [3.8, 4) is 0 Å². The number of hydrogen-bond donors (Lipinski definition) is 0. The zero-order valence-corrected chi connectivity index (χ0v) is 9.71. The predicted molar refractivity (Wildman–Crippen MR) is 46.3 cm³/mol. The zero-order chi connectivity index (χ0) is 6.83. The minimum Gasteiger partial charge on any atom is -0.343 e. The summed E-state index contributed by atoms with van der Waals surface area (Å²) in [5.41, 5.74) is 0. The first kappa shape index (κ1) is 22.5. The van der Waals surface area contributed by atoms with E-state index in [0.717, 1.165) is 12.8 Å². The monoisotopic (exact) mass is 318 g/mol. The van der Waals surface area contributed by atoms with Gasteiger partial charge in [-0.2, -0.15) is 12.8 Å². The summed E-state index contributed by atoms with van der Waals surface area (Å²) in [7, 11) is 0. The van der Waals surface area contributed by atoms with Gasteiger partial charge in [0.25, 0.3) is 0 Å². The van der Waals surface area contributed by atoms with Gasteiger partial charge in [-0.1, -0.05) is 26.7 Å². The largest absolute Gasteiger partial charge is 0.343 e. The Labute approximate surface area is 94.2 Å². The molecule has 10 heavy (non-hydrogen) atoms. The van der Waals surface area contributed by atoms with E-state index in [9.17, 15) is 0 Å². The Kier molecular flexibility index (Phi) is 71.2. The molecule has 0 N–H and O–H groups in total. The molecule has 0 atom stereocenters. The molecule has 2 radical (unpaired) electrons. The van der Waals surface area contributed by atoms with Crippen molar-refractivity contribution in [1.29, 1.82) is 0 Å². The Morgan fingerprint density at radius 2 is 1.00 bits per heavy atom. The minimum atomic E-state index is 0. The Morgan fingerprint density at radius 3 is 1.00 bits per heavy atom. The first-order valence-electron chi connectivity index (χ1n) is 3.41. The molecule has 0 saturated heterocycles. The van der Waals surface area contributed by atoms with E-state index in [0.29, 0.717) is 0 Å². The fourth-order valence-electron chi connectivity index (χ4n) is 0. The van der Waals surface area contributed by atoms with Crippen LogP contribution < -0.4 is 0 Å². The van der Waals surface area contributed by atoms with Gasteiger partial charge in [-0.15, -0.1) is 0 Å². The van der Waals surface area contributed by atoms with E-state index in [2.05, 4.69) is 27.7 Å². The molecule has 0 heterocycles. The first-order valence-corrected chi connectivity index (χ1v) is 3.41. The average molecular weight is 318 g/mol. The molecule has 0 aromatic rings. The molecular weight excluding hydrogens is 300 g/mol. The molecule has 2 heteroatoms. The Hall–Kier alpha value is 1.34. The van der Waals surface area contributed by atoms with Gasteiger partial charge < -0.3 is 13.8 Å². The number of rotatable bonds is 2. The summed E-state index contributed by atoms with van der Waals surface area (Å²) in [6, 6.07) is 0. The maximum Gasteiger partial charge on any atom is 0 e. The Morgan fingerprint density at radius 1 is 0.900 bits per heavy atom. The molecular formula is C8H18AuLi-2. The van der Waals surface area contributed by atoms with Crippen molar-refractivity contribution in [3.63, 3.8) is 0 Å². The fourth-order valence-corrected chi connectivity index (χ4v) is 0. The maximum atomic E-state index is 3.60. The normalized spacial score (nSPS) is 6.00. The van der Waals surface area contributed by atoms with E-state index in [1.54, 1.807) is 0 Å². The molecule has 0 saturated carbocycles. The summed E-state index contributed by atoms with van der Waals surface area (Å²) in [5, 5.41) is 0. The molecule has 0 fully saturated rings. The molecule has 64 valence electrons. The third-order valence-corrected chi connectivity index (χ3v) is 0.707. The second-order valence-electron chi connectivity index (χ2n) is 1.71. The zero-order valence-electron chi connectivity index (χ0n) is 7.54. The van der Waals surface area contributed by atoms with Crippen LogP contribution in [0.15, 0.2) is 0 Å². The molecule has 0 amide bonds. The van der Waals surface area contributed by atoms with Crippen molar-refractivity contribution in [2.45, 2.75) is 39.5 Å². The quantitative estimate of drug-likeness (QED) is 0.542. The van der Waals surface area contributed by atoms with E-state index in [-0.39, 0.29) is 41.2 Å². The van der Waals surface area contributed by atoms with Gasteiger partial charge in [0.2, 0.25) is 0 Å². The predicted octanol–water partition coefficient (Wildman–Crippen LogP) is 2.86. The molecule has 0 unspecified atom stereocenters. The van der Waals surface area contributed by atoms with Crippen LogP contribution in [0.5, 0.6) is 0 Å². The van der Waals surface area contributed by atoms with Crippen LogP contribution in [0.4, 0.5) is 0 Å². The Balaban J connectivity index is -0.0000000300. The van der Waals surface area contributed by atoms with Crippen molar-refractivity contribution < 1.29 is 22.4 Å². The maximum absolute atomic E-state index is 3.60. The number of hydrogen-bond acceptors (Lipinski definition) is 0. The van der Waals surface area contributed by atoms with Crippen molar-refractivity contribution in [2.75, 3.05) is 0 Å². The van der Waals surface area contributed by atoms with Gasteiger partial charge in [-0.05, 0) is 0 Å². The summed E-state index contributed by atoms with van der Waals surface area (Å²) < 4.78 is 0. The fraction of sp³-hybridized carbons (Fsp3) is 0.750. The van der Waals surface area contributed by atoms with Crippen LogP contribution in [-0.2, 0) is 22.4 Å². The van der Waals surface area contributed by atoms with Crippen LogP contribution in [0.1, 0.15) is 39.5 Å². The summed E-state index contributed by atoms with van der Waals surface area (Å²) >= 11 is 0. The molecule has 0 bridgehead atoms. The molecule has 0 spiro atoms. The SMILES string of the molecule is [Au].[CH2-]CCC.[CH2-]CCC.[Li]. The van der Waals surface area contributed by atoms with Crippen LogP contribution >= 0.6 is 0 Å². The van der Waals surface area contributed by atoms with E-state index in [1.165, 1.54) is 12.8 Å². The van der Waals surface area contributed by atoms with Gasteiger partial charge in [-0.3, -0.25) is 0 Å². The minimum absolute atomic E-state index is 0. The smallest absolute Gasteiger partial charge is 0 e. The summed E-state index contributed by atoms with van der Waals surface area (Å²) in [6.45, 7) is 11.4. The topological polar surface area (TPSA) is 0 Å². The van der Waals surface area contributed by atoms with Gasteiger partial charge in [0.05, 0.1) is 0 Å². The summed E-state index contributed by atoms with van der Waals surface area (Å²) in [5.74, 6) is 0. The van der Waals surface area contributed by atoms with Crippen LogP contribution in [-0.4, -0.2) is 18.9 Å². The molecule has 0 aromatic heterocycles. The van der Waals surface area contributed by atoms with Crippen molar-refractivity contribution in [3.05, 3.63) is 13.8 Å². The van der Waals surface area contributed by atoms with Gasteiger partial charge in [-0.25, -0.2) is 0 Å². The first-order chi connectivity index (χ1) is 3.83. The van der Waals surface area contributed by atoms with E-state index in [1.807, 2.05) is 0 Å². The van der Waals surface area contributed by atoms with Gasteiger partial charge in [0, 0.05) is 41.2 Å². The van der Waals surface area contributed by atoms with E-state index in [4.69, 9.17) is 0 Å². The number of unbranched alkanes of at least 4 members (excludes halogenated alkanes) is 2. The van der Waals surface area contributed by atoms with Crippen LogP contribution in [0, 0.1) is 13.8 Å². The molecule has 0 rings (SSSR count). The van der Waals surface area contributed by atoms with Crippen molar-refractivity contribution >= 4 is 18.9 Å². The summed E-state index contributed by atoms with van der Waals surface area (Å²) in [6.07, 6.45) is 4.56. The van der Waals surface area contributed by atoms with Crippen molar-refractivity contribution in [1.82, 2.24) is 0 Å². The third-order valence-electron chi connectivity index (χ3n) is 0.707. The van der Waals surface area contributed by atoms with Crippen molar-refractivity contribution in [2.24, 2.45) is 0 Å². The van der Waals surface area contributed by atoms with Crippen LogP contribution in [0.3, 0.4) is 0 Å².